The van der Waals surface area contributed by atoms with E-state index in [1.165, 1.54) is 5.56 Å². The fourth-order valence-electron chi connectivity index (χ4n) is 2.18. The van der Waals surface area contributed by atoms with Crippen molar-refractivity contribution in [1.82, 2.24) is 19.9 Å². The molecule has 25 heavy (non-hydrogen) atoms. The van der Waals surface area contributed by atoms with Crippen LogP contribution in [-0.4, -0.2) is 51.0 Å². The number of nitrogens with zero attached hydrogens (tertiary/aromatic N) is 4. The standard InChI is InChI=1S/C19H30N4S2/c1-15-8-10-16(11-9-15)17-14-23(21-20-17)18(2,3)19(4,5)25-24-13-12-22(6)7/h8-11,14H,12-13H2,1-7H3. The van der Waals surface area contributed by atoms with Gasteiger partial charge in [0.25, 0.3) is 0 Å². The lowest BCUT2D eigenvalue weighted by Gasteiger charge is -2.40. The molecule has 0 saturated carbocycles. The van der Waals surface area contributed by atoms with Gasteiger partial charge in [0.2, 0.25) is 0 Å². The number of benzene rings is 1. The largest absolute Gasteiger partial charge is 0.309 e. The molecule has 0 aliphatic carbocycles. The Morgan fingerprint density at radius 3 is 2.32 bits per heavy atom. The van der Waals surface area contributed by atoms with Gasteiger partial charge in [-0.1, -0.05) is 56.6 Å². The Morgan fingerprint density at radius 1 is 1.08 bits per heavy atom. The van der Waals surface area contributed by atoms with Crippen LogP contribution in [0.4, 0.5) is 0 Å². The second kappa shape index (κ2) is 8.14. The number of hydrogen-bond acceptors (Lipinski definition) is 5. The molecule has 0 spiro atoms. The first-order valence-corrected chi connectivity index (χ1v) is 10.9. The summed E-state index contributed by atoms with van der Waals surface area (Å²) in [6, 6.07) is 8.43. The normalized spacial score (nSPS) is 12.8. The van der Waals surface area contributed by atoms with Crippen LogP contribution in [0, 0.1) is 6.92 Å². The highest BCUT2D eigenvalue weighted by molar-refractivity contribution is 8.77. The molecule has 138 valence electrons. The average molecular weight is 379 g/mol. The topological polar surface area (TPSA) is 34.0 Å². The predicted octanol–water partition coefficient (Wildman–Crippen LogP) is 4.71. The minimum Gasteiger partial charge on any atom is -0.309 e. The van der Waals surface area contributed by atoms with Gasteiger partial charge in [-0.25, -0.2) is 4.68 Å². The Morgan fingerprint density at radius 2 is 1.72 bits per heavy atom. The molecule has 0 atom stereocenters. The van der Waals surface area contributed by atoms with E-state index in [9.17, 15) is 0 Å². The maximum atomic E-state index is 4.45. The molecule has 1 aromatic carbocycles. The third kappa shape index (κ3) is 5.02. The summed E-state index contributed by atoms with van der Waals surface area (Å²) >= 11 is 0. The van der Waals surface area contributed by atoms with Gasteiger partial charge in [-0.3, -0.25) is 0 Å². The van der Waals surface area contributed by atoms with E-state index in [-0.39, 0.29) is 10.3 Å². The summed E-state index contributed by atoms with van der Waals surface area (Å²) < 4.78 is 2.03. The van der Waals surface area contributed by atoms with E-state index >= 15 is 0 Å². The summed E-state index contributed by atoms with van der Waals surface area (Å²) in [4.78, 5) is 2.22. The fraction of sp³-hybridized carbons (Fsp3) is 0.579. The van der Waals surface area contributed by atoms with E-state index in [1.54, 1.807) is 0 Å². The molecule has 2 aromatic rings. The number of aromatic nitrogens is 3. The molecule has 0 unspecified atom stereocenters. The van der Waals surface area contributed by atoms with Gasteiger partial charge < -0.3 is 4.90 Å². The van der Waals surface area contributed by atoms with Crippen molar-refractivity contribution in [3.63, 3.8) is 0 Å². The lowest BCUT2D eigenvalue weighted by molar-refractivity contribution is 0.249. The maximum Gasteiger partial charge on any atom is 0.113 e. The Labute approximate surface area is 160 Å². The van der Waals surface area contributed by atoms with Crippen LogP contribution >= 0.6 is 21.6 Å². The van der Waals surface area contributed by atoms with Gasteiger partial charge in [-0.15, -0.1) is 5.10 Å². The zero-order valence-electron chi connectivity index (χ0n) is 16.4. The maximum absolute atomic E-state index is 4.45. The van der Waals surface area contributed by atoms with Crippen LogP contribution in [0.3, 0.4) is 0 Å². The second-order valence-corrected chi connectivity index (χ2v) is 10.7. The van der Waals surface area contributed by atoms with Crippen LogP contribution in [-0.2, 0) is 5.54 Å². The smallest absolute Gasteiger partial charge is 0.113 e. The van der Waals surface area contributed by atoms with Crippen molar-refractivity contribution >= 4 is 21.6 Å². The first-order valence-electron chi connectivity index (χ1n) is 8.59. The summed E-state index contributed by atoms with van der Waals surface area (Å²) in [7, 11) is 8.09. The van der Waals surface area contributed by atoms with Crippen molar-refractivity contribution < 1.29 is 0 Å². The Hall–Kier alpha value is -0.980. The number of hydrogen-bond donors (Lipinski definition) is 0. The second-order valence-electron chi connectivity index (χ2n) is 7.69. The summed E-state index contributed by atoms with van der Waals surface area (Å²) in [5, 5.41) is 8.85. The van der Waals surface area contributed by atoms with Crippen LogP contribution in [0.5, 0.6) is 0 Å². The number of rotatable bonds is 8. The molecular formula is C19H30N4S2. The molecule has 0 saturated heterocycles. The number of aryl methyl sites for hydroxylation is 1. The average Bonchev–Trinajstić information content (AvgIpc) is 3.02. The first kappa shape index (κ1) is 20.3. The van der Waals surface area contributed by atoms with Crippen molar-refractivity contribution in [3.8, 4) is 11.3 Å². The van der Waals surface area contributed by atoms with Crippen molar-refractivity contribution in [1.29, 1.82) is 0 Å². The SMILES string of the molecule is Cc1ccc(-c2cn(C(C)(C)C(C)(C)SSCCN(C)C)nn2)cc1. The monoisotopic (exact) mass is 378 g/mol. The Balaban J connectivity index is 2.11. The molecule has 2 rings (SSSR count). The van der Waals surface area contributed by atoms with Crippen molar-refractivity contribution in [3.05, 3.63) is 36.0 Å². The molecular weight excluding hydrogens is 348 g/mol. The predicted molar refractivity (Wildman–Crippen MR) is 112 cm³/mol. The van der Waals surface area contributed by atoms with Crippen LogP contribution < -0.4 is 0 Å². The third-order valence-corrected chi connectivity index (χ3v) is 8.26. The van der Waals surface area contributed by atoms with E-state index < -0.39 is 0 Å². The van der Waals surface area contributed by atoms with Crippen molar-refractivity contribution in [2.24, 2.45) is 0 Å². The van der Waals surface area contributed by atoms with Crippen LogP contribution in [0.15, 0.2) is 30.5 Å². The van der Waals surface area contributed by atoms with Gasteiger partial charge in [0, 0.05) is 22.6 Å². The molecule has 0 radical (unpaired) electrons. The van der Waals surface area contributed by atoms with Crippen LogP contribution in [0.2, 0.25) is 0 Å². The van der Waals surface area contributed by atoms with Crippen LogP contribution in [0.25, 0.3) is 11.3 Å². The summed E-state index contributed by atoms with van der Waals surface area (Å²) in [6.07, 6.45) is 2.07. The summed E-state index contributed by atoms with van der Waals surface area (Å²) in [6.45, 7) is 12.2. The molecule has 0 N–H and O–H groups in total. The molecule has 4 nitrogen and oxygen atoms in total. The van der Waals surface area contributed by atoms with Gasteiger partial charge in [0.1, 0.15) is 5.69 Å². The molecule has 0 aliphatic heterocycles. The van der Waals surface area contributed by atoms with Crippen LogP contribution in [0.1, 0.15) is 33.3 Å². The zero-order valence-corrected chi connectivity index (χ0v) is 18.0. The van der Waals surface area contributed by atoms with Gasteiger partial charge in [-0.2, -0.15) is 0 Å². The molecule has 6 heteroatoms. The minimum atomic E-state index is -0.154. The highest BCUT2D eigenvalue weighted by atomic mass is 33.1. The van der Waals surface area contributed by atoms with Gasteiger partial charge >= 0.3 is 0 Å². The third-order valence-electron chi connectivity index (χ3n) is 4.78. The quantitative estimate of drug-likeness (QED) is 0.491. The zero-order chi connectivity index (χ0) is 18.7. The molecule has 0 amide bonds. The molecule has 0 aliphatic rings. The minimum absolute atomic E-state index is 0.0161. The fourth-order valence-corrected chi connectivity index (χ4v) is 5.26. The molecule has 1 heterocycles. The Bertz CT molecular complexity index is 675. The molecule has 0 bridgehead atoms. The van der Waals surface area contributed by atoms with E-state index in [0.29, 0.717) is 0 Å². The molecule has 1 aromatic heterocycles. The van der Waals surface area contributed by atoms with Gasteiger partial charge in [0.05, 0.1) is 11.7 Å². The van der Waals surface area contributed by atoms with E-state index in [2.05, 4.69) is 94.4 Å². The van der Waals surface area contributed by atoms with Crippen molar-refractivity contribution in [2.45, 2.75) is 44.9 Å². The lowest BCUT2D eigenvalue weighted by Crippen LogP contribution is -2.45. The Kier molecular flexibility index (Phi) is 6.62. The first-order chi connectivity index (χ1) is 11.6. The summed E-state index contributed by atoms with van der Waals surface area (Å²) in [5.41, 5.74) is 3.13. The highest BCUT2D eigenvalue weighted by Crippen LogP contribution is 2.46. The highest BCUT2D eigenvalue weighted by Gasteiger charge is 2.40. The summed E-state index contributed by atoms with van der Waals surface area (Å²) in [5.74, 6) is 1.11. The van der Waals surface area contributed by atoms with Gasteiger partial charge in [0.15, 0.2) is 0 Å². The van der Waals surface area contributed by atoms with E-state index in [1.807, 2.05) is 26.3 Å². The van der Waals surface area contributed by atoms with E-state index in [0.717, 1.165) is 23.6 Å². The van der Waals surface area contributed by atoms with E-state index in [4.69, 9.17) is 0 Å². The van der Waals surface area contributed by atoms with Crippen molar-refractivity contribution in [2.75, 3.05) is 26.4 Å². The lowest BCUT2D eigenvalue weighted by atomic mass is 9.90. The van der Waals surface area contributed by atoms with Gasteiger partial charge in [-0.05, 0) is 48.7 Å². The molecule has 0 fully saturated rings.